The Kier molecular flexibility index (Phi) is 3.92. The molecule has 0 aliphatic heterocycles. The van der Waals surface area contributed by atoms with Crippen LogP contribution in [-0.2, 0) is 11.2 Å². The van der Waals surface area contributed by atoms with Crippen molar-refractivity contribution in [3.05, 3.63) is 47.5 Å². The van der Waals surface area contributed by atoms with Crippen molar-refractivity contribution in [2.75, 3.05) is 0 Å². The lowest BCUT2D eigenvalue weighted by molar-refractivity contribution is -0.137. The molecule has 1 saturated carbocycles. The van der Waals surface area contributed by atoms with Gasteiger partial charge in [-0.2, -0.15) is 5.26 Å². The highest BCUT2D eigenvalue weighted by molar-refractivity contribution is 6.04. The fourth-order valence-electron chi connectivity index (χ4n) is 5.11. The van der Waals surface area contributed by atoms with Gasteiger partial charge < -0.3 is 5.11 Å². The number of nitriles is 1. The molecular weight excluding hydrogens is 298 g/mol. The van der Waals surface area contributed by atoms with Gasteiger partial charge in [-0.25, -0.2) is 0 Å². The first-order valence-electron chi connectivity index (χ1n) is 8.64. The van der Waals surface area contributed by atoms with Crippen LogP contribution in [0.2, 0.25) is 0 Å². The summed E-state index contributed by atoms with van der Waals surface area (Å²) in [5, 5.41) is 20.6. The van der Waals surface area contributed by atoms with Crippen LogP contribution in [0, 0.1) is 28.1 Å². The lowest BCUT2D eigenvalue weighted by atomic mass is 9.50. The van der Waals surface area contributed by atoms with E-state index in [0.717, 1.165) is 12.0 Å². The van der Waals surface area contributed by atoms with Gasteiger partial charge in [0.25, 0.3) is 0 Å². The van der Waals surface area contributed by atoms with E-state index in [-0.39, 0.29) is 22.7 Å². The SMILES string of the molecule is CC1(C)C(=O)C(C#N)=C[C@]2(C)C[C@](O)(Cc3ccccc3)CC[C@@H]12. The van der Waals surface area contributed by atoms with Gasteiger partial charge >= 0.3 is 0 Å². The number of carbonyl (C=O) groups is 1. The minimum atomic E-state index is -0.792. The van der Waals surface area contributed by atoms with E-state index in [1.807, 2.05) is 50.3 Å². The third kappa shape index (κ3) is 2.70. The van der Waals surface area contributed by atoms with E-state index >= 15 is 0 Å². The second kappa shape index (κ2) is 5.57. The zero-order chi connectivity index (χ0) is 17.6. The van der Waals surface area contributed by atoms with Crippen molar-refractivity contribution in [1.82, 2.24) is 0 Å². The van der Waals surface area contributed by atoms with Crippen LogP contribution in [0.5, 0.6) is 0 Å². The summed E-state index contributed by atoms with van der Waals surface area (Å²) in [6, 6.07) is 12.1. The molecule has 2 aliphatic carbocycles. The Bertz CT molecular complexity index is 728. The van der Waals surface area contributed by atoms with E-state index in [0.29, 0.717) is 19.3 Å². The average molecular weight is 323 g/mol. The number of carbonyl (C=O) groups excluding carboxylic acids is 1. The maximum Gasteiger partial charge on any atom is 0.178 e. The summed E-state index contributed by atoms with van der Waals surface area (Å²) in [5.41, 5.74) is -0.298. The normalized spacial score (nSPS) is 34.9. The van der Waals surface area contributed by atoms with Crippen LogP contribution in [0.1, 0.15) is 45.6 Å². The summed E-state index contributed by atoms with van der Waals surface area (Å²) in [4.78, 5) is 12.6. The van der Waals surface area contributed by atoms with Crippen LogP contribution in [0.15, 0.2) is 42.0 Å². The van der Waals surface area contributed by atoms with Crippen LogP contribution in [0.25, 0.3) is 0 Å². The molecule has 0 spiro atoms. The van der Waals surface area contributed by atoms with Gasteiger partial charge in [-0.3, -0.25) is 4.79 Å². The number of allylic oxidation sites excluding steroid dienone is 2. The van der Waals surface area contributed by atoms with Gasteiger partial charge in [-0.15, -0.1) is 0 Å². The van der Waals surface area contributed by atoms with Crippen molar-refractivity contribution in [3.63, 3.8) is 0 Å². The van der Waals surface area contributed by atoms with Crippen LogP contribution in [-0.4, -0.2) is 16.5 Å². The Hall–Kier alpha value is -1.92. The largest absolute Gasteiger partial charge is 0.390 e. The van der Waals surface area contributed by atoms with Crippen LogP contribution in [0.3, 0.4) is 0 Å². The lowest BCUT2D eigenvalue weighted by Gasteiger charge is -2.54. The molecule has 0 heterocycles. The highest BCUT2D eigenvalue weighted by Crippen LogP contribution is 2.57. The van der Waals surface area contributed by atoms with E-state index in [9.17, 15) is 15.2 Å². The molecule has 1 aromatic rings. The van der Waals surface area contributed by atoms with E-state index in [1.165, 1.54) is 0 Å². The van der Waals surface area contributed by atoms with E-state index in [2.05, 4.69) is 13.0 Å². The van der Waals surface area contributed by atoms with Crippen molar-refractivity contribution < 1.29 is 9.90 Å². The molecule has 3 nitrogen and oxygen atoms in total. The molecule has 0 saturated heterocycles. The molecule has 1 fully saturated rings. The maximum absolute atomic E-state index is 12.6. The molecule has 3 heteroatoms. The molecule has 3 rings (SSSR count). The Balaban J connectivity index is 1.94. The first-order chi connectivity index (χ1) is 11.2. The predicted octanol–water partition coefficient (Wildman–Crippen LogP) is 3.83. The smallest absolute Gasteiger partial charge is 0.178 e. The molecule has 3 atom stereocenters. The fourth-order valence-corrected chi connectivity index (χ4v) is 5.11. The molecule has 0 amide bonds. The van der Waals surface area contributed by atoms with Gasteiger partial charge in [0.05, 0.1) is 11.2 Å². The number of ketones is 1. The molecule has 0 aromatic heterocycles. The number of rotatable bonds is 2. The highest BCUT2D eigenvalue weighted by atomic mass is 16.3. The Morgan fingerprint density at radius 3 is 2.54 bits per heavy atom. The number of Topliss-reactive ketones (excluding diaryl/α,β-unsaturated/α-hetero) is 1. The third-order valence-corrected chi connectivity index (χ3v) is 6.08. The Morgan fingerprint density at radius 1 is 1.25 bits per heavy atom. The topological polar surface area (TPSA) is 61.1 Å². The van der Waals surface area contributed by atoms with E-state index in [4.69, 9.17) is 0 Å². The number of nitrogens with zero attached hydrogens (tertiary/aromatic N) is 1. The zero-order valence-corrected chi connectivity index (χ0v) is 14.7. The van der Waals surface area contributed by atoms with E-state index < -0.39 is 11.0 Å². The number of hydrogen-bond acceptors (Lipinski definition) is 3. The first kappa shape index (κ1) is 16.9. The van der Waals surface area contributed by atoms with Crippen molar-refractivity contribution >= 4 is 5.78 Å². The number of benzene rings is 1. The molecule has 0 radical (unpaired) electrons. The summed E-state index contributed by atoms with van der Waals surface area (Å²) in [5.74, 6) is 0.103. The first-order valence-corrected chi connectivity index (χ1v) is 8.64. The third-order valence-electron chi connectivity index (χ3n) is 6.08. The van der Waals surface area contributed by atoms with Gasteiger partial charge in [0.1, 0.15) is 6.07 Å². The van der Waals surface area contributed by atoms with Gasteiger partial charge in [0.2, 0.25) is 0 Å². The molecule has 1 N–H and O–H groups in total. The van der Waals surface area contributed by atoms with Crippen LogP contribution in [0.4, 0.5) is 0 Å². The molecule has 126 valence electrons. The fraction of sp³-hybridized carbons (Fsp3) is 0.524. The summed E-state index contributed by atoms with van der Waals surface area (Å²) in [7, 11) is 0. The highest BCUT2D eigenvalue weighted by Gasteiger charge is 2.56. The number of fused-ring (bicyclic) bond motifs is 1. The standard InChI is InChI=1S/C21H25NO2/c1-19(2)17-9-10-21(24,11-15-7-5-4-6-8-15)14-20(17,3)12-16(13-22)18(19)23/h4-8,12,17,24H,9-11,14H2,1-3H3/t17-,20+,21+/m0/s1. The number of aliphatic hydroxyl groups is 1. The van der Waals surface area contributed by atoms with Crippen molar-refractivity contribution in [3.8, 4) is 6.07 Å². The Labute approximate surface area is 144 Å². The molecule has 0 bridgehead atoms. The van der Waals surface area contributed by atoms with Crippen LogP contribution >= 0.6 is 0 Å². The number of hydrogen-bond donors (Lipinski definition) is 1. The molecule has 0 unspecified atom stereocenters. The molecular formula is C21H25NO2. The molecule has 2 aliphatic rings. The molecule has 24 heavy (non-hydrogen) atoms. The Morgan fingerprint density at radius 2 is 1.92 bits per heavy atom. The summed E-state index contributed by atoms with van der Waals surface area (Å²) in [6.45, 7) is 5.99. The summed E-state index contributed by atoms with van der Waals surface area (Å²) < 4.78 is 0. The minimum Gasteiger partial charge on any atom is -0.390 e. The summed E-state index contributed by atoms with van der Waals surface area (Å²) >= 11 is 0. The van der Waals surface area contributed by atoms with Crippen molar-refractivity contribution in [2.24, 2.45) is 16.7 Å². The quantitative estimate of drug-likeness (QED) is 0.900. The summed E-state index contributed by atoms with van der Waals surface area (Å²) in [6.07, 6.45) is 4.52. The van der Waals surface area contributed by atoms with Gasteiger partial charge in [-0.05, 0) is 36.2 Å². The molecule has 1 aromatic carbocycles. The van der Waals surface area contributed by atoms with Gasteiger partial charge in [0, 0.05) is 11.8 Å². The van der Waals surface area contributed by atoms with Gasteiger partial charge in [0.15, 0.2) is 5.78 Å². The van der Waals surface area contributed by atoms with Gasteiger partial charge in [-0.1, -0.05) is 57.2 Å². The maximum atomic E-state index is 12.6. The van der Waals surface area contributed by atoms with Crippen molar-refractivity contribution in [2.45, 2.75) is 52.1 Å². The monoisotopic (exact) mass is 323 g/mol. The second-order valence-electron chi connectivity index (χ2n) is 8.38. The zero-order valence-electron chi connectivity index (χ0n) is 14.7. The minimum absolute atomic E-state index is 0.0547. The van der Waals surface area contributed by atoms with Crippen LogP contribution < -0.4 is 0 Å². The van der Waals surface area contributed by atoms with Crippen molar-refractivity contribution in [1.29, 1.82) is 5.26 Å². The predicted molar refractivity (Wildman–Crippen MR) is 93.0 cm³/mol. The average Bonchev–Trinajstić information content (AvgIpc) is 2.51. The lowest BCUT2D eigenvalue weighted by Crippen LogP contribution is -2.54. The van der Waals surface area contributed by atoms with E-state index in [1.54, 1.807) is 0 Å². The second-order valence-corrected chi connectivity index (χ2v) is 8.38.